The number of nitrogen functional groups attached to an aromatic ring is 1. The van der Waals surface area contributed by atoms with Crippen molar-refractivity contribution in [3.63, 3.8) is 0 Å². The van der Waals surface area contributed by atoms with Gasteiger partial charge < -0.3 is 29.2 Å². The number of esters is 3. The van der Waals surface area contributed by atoms with Gasteiger partial charge in [-0.3, -0.25) is 14.4 Å². The Morgan fingerprint density at radius 3 is 2.36 bits per heavy atom. The van der Waals surface area contributed by atoms with Crippen LogP contribution < -0.4 is 5.73 Å². The summed E-state index contributed by atoms with van der Waals surface area (Å²) >= 11 is 0. The van der Waals surface area contributed by atoms with Gasteiger partial charge in [0.15, 0.2) is 24.5 Å². The van der Waals surface area contributed by atoms with Crippen molar-refractivity contribution in [3.8, 4) is 0 Å². The lowest BCUT2D eigenvalue weighted by molar-refractivity contribution is -0.239. The molecule has 1 aliphatic heterocycles. The van der Waals surface area contributed by atoms with Gasteiger partial charge in [-0.25, -0.2) is 9.97 Å². The highest BCUT2D eigenvalue weighted by Crippen LogP contribution is 2.33. The van der Waals surface area contributed by atoms with E-state index in [1.807, 2.05) is 0 Å². The monoisotopic (exact) mass is 392 g/mol. The summed E-state index contributed by atoms with van der Waals surface area (Å²) in [7, 11) is 0. The van der Waals surface area contributed by atoms with Crippen molar-refractivity contribution in [2.24, 2.45) is 0 Å². The summed E-state index contributed by atoms with van der Waals surface area (Å²) in [6.45, 7) is 3.56. The average molecular weight is 392 g/mol. The van der Waals surface area contributed by atoms with Crippen LogP contribution in [0.15, 0.2) is 18.6 Å². The Labute approximate surface area is 159 Å². The van der Waals surface area contributed by atoms with E-state index in [0.717, 1.165) is 0 Å². The summed E-state index contributed by atoms with van der Waals surface area (Å²) < 4.78 is 23.4. The van der Waals surface area contributed by atoms with Crippen molar-refractivity contribution >= 4 is 34.8 Å². The van der Waals surface area contributed by atoms with Gasteiger partial charge in [0.2, 0.25) is 0 Å². The van der Waals surface area contributed by atoms with Crippen molar-refractivity contribution < 1.29 is 33.3 Å². The Kier molecular flexibility index (Phi) is 5.45. The highest BCUT2D eigenvalue weighted by molar-refractivity contribution is 5.86. The minimum absolute atomic E-state index is 0.0831. The third kappa shape index (κ3) is 3.88. The number of ether oxygens (including phenoxy) is 4. The molecule has 1 saturated heterocycles. The molecule has 0 radical (unpaired) electrons. The van der Waals surface area contributed by atoms with Crippen LogP contribution in [-0.2, 0) is 33.3 Å². The number of carbonyl (C=O) groups excluding carboxylic acids is 3. The Morgan fingerprint density at radius 1 is 1.07 bits per heavy atom. The average Bonchev–Trinajstić information content (AvgIpc) is 3.02. The van der Waals surface area contributed by atoms with E-state index < -0.39 is 42.4 Å². The molecule has 0 unspecified atom stereocenters. The van der Waals surface area contributed by atoms with Crippen LogP contribution in [0.4, 0.5) is 5.82 Å². The lowest BCUT2D eigenvalue weighted by Crippen LogP contribution is -2.55. The number of carbonyl (C=O) groups is 3. The number of rotatable bonds is 4. The molecule has 3 heterocycles. The Bertz CT molecular complexity index is 912. The first kappa shape index (κ1) is 19.5. The smallest absolute Gasteiger partial charge is 0.303 e. The van der Waals surface area contributed by atoms with Gasteiger partial charge >= 0.3 is 17.9 Å². The highest BCUT2D eigenvalue weighted by Gasteiger charge is 2.48. The summed E-state index contributed by atoms with van der Waals surface area (Å²) in [5.74, 6) is -1.55. The summed E-state index contributed by atoms with van der Waals surface area (Å²) in [4.78, 5) is 42.9. The Hall–Kier alpha value is -3.21. The van der Waals surface area contributed by atoms with Crippen LogP contribution in [0.25, 0.3) is 11.0 Å². The predicted octanol–water partition coefficient (Wildman–Crippen LogP) is 0.337. The zero-order valence-corrected chi connectivity index (χ0v) is 15.5. The van der Waals surface area contributed by atoms with Gasteiger partial charge in [-0.05, 0) is 6.07 Å². The number of aromatic nitrogens is 3. The fourth-order valence-electron chi connectivity index (χ4n) is 3.16. The van der Waals surface area contributed by atoms with E-state index in [1.54, 1.807) is 16.8 Å². The Morgan fingerprint density at radius 2 is 1.71 bits per heavy atom. The van der Waals surface area contributed by atoms with Gasteiger partial charge in [-0.1, -0.05) is 0 Å². The standard InChI is InChI=1S/C17H20N4O7/c1-8(22)26-12-6-25-17(14(28-10(3)24)13(12)27-9(2)23)21-5-4-11-15(18)19-7-20-16(11)21/h4-5,7,12-14,17H,6H2,1-3H3,(H2,18,19,20)/t12-,13+,14-,17-/m1/s1. The Balaban J connectivity index is 2.03. The topological polar surface area (TPSA) is 145 Å². The lowest BCUT2D eigenvalue weighted by atomic mass is 10.0. The quantitative estimate of drug-likeness (QED) is 0.571. The second-order valence-electron chi connectivity index (χ2n) is 6.24. The van der Waals surface area contributed by atoms with E-state index in [4.69, 9.17) is 24.7 Å². The molecule has 11 nitrogen and oxygen atoms in total. The highest BCUT2D eigenvalue weighted by atomic mass is 16.6. The maximum absolute atomic E-state index is 11.7. The molecule has 1 aliphatic rings. The molecular formula is C17H20N4O7. The second-order valence-corrected chi connectivity index (χ2v) is 6.24. The van der Waals surface area contributed by atoms with E-state index in [-0.39, 0.29) is 12.4 Å². The molecule has 0 bridgehead atoms. The first-order valence-corrected chi connectivity index (χ1v) is 8.48. The molecular weight excluding hydrogens is 372 g/mol. The minimum atomic E-state index is -1.09. The maximum atomic E-state index is 11.7. The number of fused-ring (bicyclic) bond motifs is 1. The molecule has 1 fully saturated rings. The molecule has 3 rings (SSSR count). The SMILES string of the molecule is CC(=O)O[C@@H]1[C@@H](OC(C)=O)[C@H](OC(C)=O)CO[C@H]1n1ccc2c(N)ncnc21. The third-order valence-corrected chi connectivity index (χ3v) is 4.14. The number of nitrogens with zero attached hydrogens (tertiary/aromatic N) is 3. The van der Waals surface area contributed by atoms with Gasteiger partial charge in [0.1, 0.15) is 17.8 Å². The summed E-state index contributed by atoms with van der Waals surface area (Å²) in [6, 6.07) is 1.69. The van der Waals surface area contributed by atoms with Crippen LogP contribution in [0.2, 0.25) is 0 Å². The molecule has 2 N–H and O–H groups in total. The molecule has 0 saturated carbocycles. The molecule has 11 heteroatoms. The number of hydrogen-bond acceptors (Lipinski definition) is 10. The number of hydrogen-bond donors (Lipinski definition) is 1. The molecule has 4 atom stereocenters. The minimum Gasteiger partial charge on any atom is -0.456 e. The normalized spacial score (nSPS) is 24.5. The van der Waals surface area contributed by atoms with Crippen LogP contribution in [0, 0.1) is 0 Å². The van der Waals surface area contributed by atoms with Crippen LogP contribution in [-0.4, -0.2) is 57.4 Å². The first-order chi connectivity index (χ1) is 13.3. The zero-order valence-electron chi connectivity index (χ0n) is 15.5. The van der Waals surface area contributed by atoms with E-state index in [1.165, 1.54) is 27.1 Å². The third-order valence-electron chi connectivity index (χ3n) is 4.14. The summed E-state index contributed by atoms with van der Waals surface area (Å²) in [6.07, 6.45) is -1.06. The summed E-state index contributed by atoms with van der Waals surface area (Å²) in [5.41, 5.74) is 6.31. The van der Waals surface area contributed by atoms with Gasteiger partial charge in [0, 0.05) is 27.0 Å². The first-order valence-electron chi connectivity index (χ1n) is 8.48. The second kappa shape index (κ2) is 7.80. The van der Waals surface area contributed by atoms with Crippen LogP contribution in [0.1, 0.15) is 27.0 Å². The predicted molar refractivity (Wildman–Crippen MR) is 93.6 cm³/mol. The van der Waals surface area contributed by atoms with Crippen molar-refractivity contribution in [2.75, 3.05) is 12.3 Å². The largest absolute Gasteiger partial charge is 0.456 e. The van der Waals surface area contributed by atoms with E-state index in [0.29, 0.717) is 11.0 Å². The van der Waals surface area contributed by atoms with Gasteiger partial charge in [-0.2, -0.15) is 0 Å². The van der Waals surface area contributed by atoms with Gasteiger partial charge in [-0.15, -0.1) is 0 Å². The number of nitrogens with two attached hydrogens (primary N) is 1. The van der Waals surface area contributed by atoms with Gasteiger partial charge in [0.05, 0.1) is 12.0 Å². The molecule has 0 aliphatic carbocycles. The summed E-state index contributed by atoms with van der Waals surface area (Å²) in [5, 5.41) is 0.582. The van der Waals surface area contributed by atoms with Crippen molar-refractivity contribution in [2.45, 2.75) is 45.3 Å². The molecule has 2 aromatic rings. The van der Waals surface area contributed by atoms with Crippen molar-refractivity contribution in [1.82, 2.24) is 14.5 Å². The zero-order chi connectivity index (χ0) is 20.4. The fourth-order valence-corrected chi connectivity index (χ4v) is 3.16. The van der Waals surface area contributed by atoms with E-state index in [9.17, 15) is 14.4 Å². The molecule has 28 heavy (non-hydrogen) atoms. The maximum Gasteiger partial charge on any atom is 0.303 e. The van der Waals surface area contributed by atoms with Gasteiger partial charge in [0.25, 0.3) is 0 Å². The van der Waals surface area contributed by atoms with E-state index >= 15 is 0 Å². The lowest BCUT2D eigenvalue weighted by Gasteiger charge is -2.40. The molecule has 0 spiro atoms. The van der Waals surface area contributed by atoms with Crippen LogP contribution in [0.3, 0.4) is 0 Å². The molecule has 150 valence electrons. The van der Waals surface area contributed by atoms with E-state index in [2.05, 4.69) is 9.97 Å². The molecule has 0 amide bonds. The fraction of sp³-hybridized carbons (Fsp3) is 0.471. The molecule has 2 aromatic heterocycles. The van der Waals surface area contributed by atoms with Crippen molar-refractivity contribution in [1.29, 1.82) is 0 Å². The molecule has 0 aromatic carbocycles. The number of anilines is 1. The van der Waals surface area contributed by atoms with Crippen molar-refractivity contribution in [3.05, 3.63) is 18.6 Å². The van der Waals surface area contributed by atoms with Crippen LogP contribution >= 0.6 is 0 Å². The van der Waals surface area contributed by atoms with Crippen LogP contribution in [0.5, 0.6) is 0 Å².